The van der Waals surface area contributed by atoms with Gasteiger partial charge in [0, 0.05) is 7.05 Å². The number of anilines is 1. The average molecular weight is 169 g/mol. The van der Waals surface area contributed by atoms with Gasteiger partial charge in [-0.05, 0) is 0 Å². The van der Waals surface area contributed by atoms with Crippen molar-refractivity contribution in [1.29, 1.82) is 0 Å². The Labute approximate surface area is 68.0 Å². The molecule has 0 bridgehead atoms. The number of nitro groups is 1. The zero-order chi connectivity index (χ0) is 8.97. The monoisotopic (exact) mass is 169 g/mol. The highest BCUT2D eigenvalue weighted by Crippen LogP contribution is 2.17. The second-order valence-corrected chi connectivity index (χ2v) is 1.89. The molecule has 12 heavy (non-hydrogen) atoms. The molecule has 7 nitrogen and oxygen atoms in total. The molecule has 0 aliphatic carbocycles. The van der Waals surface area contributed by atoms with Crippen molar-refractivity contribution in [2.75, 3.05) is 12.5 Å². The number of hydrogen-bond acceptors (Lipinski definition) is 6. The van der Waals surface area contributed by atoms with Crippen LogP contribution in [0.1, 0.15) is 0 Å². The number of nitrogens with zero attached hydrogens (tertiary/aromatic N) is 3. The Morgan fingerprint density at radius 2 is 2.42 bits per heavy atom. The quantitative estimate of drug-likeness (QED) is 0.486. The molecule has 0 radical (unpaired) electrons. The van der Waals surface area contributed by atoms with E-state index in [2.05, 4.69) is 20.8 Å². The summed E-state index contributed by atoms with van der Waals surface area (Å²) in [5.74, 6) is 0.150. The topological polar surface area (TPSA) is 93.0 Å². The fourth-order valence-corrected chi connectivity index (χ4v) is 0.671. The minimum Gasteiger partial charge on any atom is -0.300 e. The predicted molar refractivity (Wildman–Crippen MR) is 41.4 cm³/mol. The lowest BCUT2D eigenvalue weighted by atomic mass is 10.5. The number of hydrazine groups is 1. The van der Waals surface area contributed by atoms with E-state index in [4.69, 9.17) is 0 Å². The summed E-state index contributed by atoms with van der Waals surface area (Å²) in [7, 11) is 1.59. The predicted octanol–water partition coefficient (Wildman–Crippen LogP) is -0.0689. The largest absolute Gasteiger partial charge is 0.330 e. The maximum Gasteiger partial charge on any atom is 0.330 e. The van der Waals surface area contributed by atoms with Crippen LogP contribution in [0.4, 0.5) is 11.5 Å². The summed E-state index contributed by atoms with van der Waals surface area (Å²) in [4.78, 5) is 17.0. The summed E-state index contributed by atoms with van der Waals surface area (Å²) in [5.41, 5.74) is 4.89. The molecule has 0 aliphatic heterocycles. The zero-order valence-corrected chi connectivity index (χ0v) is 6.31. The molecule has 0 atom stereocenters. The molecule has 0 aromatic carbocycles. The van der Waals surface area contributed by atoms with Gasteiger partial charge < -0.3 is 5.43 Å². The van der Waals surface area contributed by atoms with E-state index in [-0.39, 0.29) is 11.5 Å². The van der Waals surface area contributed by atoms with Gasteiger partial charge in [-0.2, -0.15) is 0 Å². The third-order valence-electron chi connectivity index (χ3n) is 1.13. The van der Waals surface area contributed by atoms with E-state index in [0.717, 1.165) is 6.20 Å². The first-order chi connectivity index (χ1) is 5.75. The minimum atomic E-state index is -0.556. The van der Waals surface area contributed by atoms with E-state index in [1.807, 2.05) is 0 Å². The van der Waals surface area contributed by atoms with Crippen molar-refractivity contribution >= 4 is 11.5 Å². The van der Waals surface area contributed by atoms with Crippen LogP contribution >= 0.6 is 0 Å². The van der Waals surface area contributed by atoms with E-state index in [0.29, 0.717) is 0 Å². The van der Waals surface area contributed by atoms with E-state index in [9.17, 15) is 10.1 Å². The molecule has 0 aliphatic rings. The second kappa shape index (κ2) is 3.58. The Balaban J connectivity index is 3.00. The first-order valence-corrected chi connectivity index (χ1v) is 3.13. The zero-order valence-electron chi connectivity index (χ0n) is 6.31. The fourth-order valence-electron chi connectivity index (χ4n) is 0.671. The van der Waals surface area contributed by atoms with Crippen LogP contribution in [0.3, 0.4) is 0 Å². The molecule has 0 saturated carbocycles. The maximum atomic E-state index is 10.4. The van der Waals surface area contributed by atoms with E-state index in [1.165, 1.54) is 6.33 Å². The lowest BCUT2D eigenvalue weighted by molar-refractivity contribution is -0.384. The first kappa shape index (κ1) is 8.34. The number of hydrogen-bond donors (Lipinski definition) is 2. The van der Waals surface area contributed by atoms with Crippen LogP contribution in [0.15, 0.2) is 12.5 Å². The number of nitrogens with one attached hydrogen (secondary N) is 2. The lowest BCUT2D eigenvalue weighted by Gasteiger charge is -2.01. The highest BCUT2D eigenvalue weighted by molar-refractivity contribution is 5.52. The van der Waals surface area contributed by atoms with Gasteiger partial charge in [0.05, 0.1) is 4.92 Å². The Kier molecular flexibility index (Phi) is 2.49. The Hall–Kier alpha value is -1.76. The minimum absolute atomic E-state index is 0.150. The van der Waals surface area contributed by atoms with Gasteiger partial charge in [0.15, 0.2) is 0 Å². The van der Waals surface area contributed by atoms with Crippen molar-refractivity contribution in [3.63, 3.8) is 0 Å². The van der Waals surface area contributed by atoms with E-state index < -0.39 is 4.92 Å². The third kappa shape index (κ3) is 1.64. The maximum absolute atomic E-state index is 10.4. The van der Waals surface area contributed by atoms with Crippen molar-refractivity contribution < 1.29 is 4.92 Å². The van der Waals surface area contributed by atoms with Gasteiger partial charge in [-0.15, -0.1) is 0 Å². The third-order valence-corrected chi connectivity index (χ3v) is 1.13. The highest BCUT2D eigenvalue weighted by Gasteiger charge is 2.13. The smallest absolute Gasteiger partial charge is 0.300 e. The molecular weight excluding hydrogens is 162 g/mol. The second-order valence-electron chi connectivity index (χ2n) is 1.89. The van der Waals surface area contributed by atoms with Gasteiger partial charge >= 0.3 is 5.69 Å². The van der Waals surface area contributed by atoms with Crippen molar-refractivity contribution in [2.45, 2.75) is 0 Å². The molecule has 1 heterocycles. The van der Waals surface area contributed by atoms with Crippen LogP contribution < -0.4 is 10.9 Å². The van der Waals surface area contributed by atoms with Crippen molar-refractivity contribution in [3.8, 4) is 0 Å². The normalized spacial score (nSPS) is 9.42. The van der Waals surface area contributed by atoms with E-state index in [1.54, 1.807) is 7.05 Å². The standard InChI is InChI=1S/C5H7N5O2/c1-6-9-5-4(10(11)12)2-7-3-8-5/h2-3,6H,1H3,(H,7,8,9). The number of rotatable bonds is 3. The molecule has 1 aromatic heterocycles. The van der Waals surface area contributed by atoms with Crippen LogP contribution in [0.5, 0.6) is 0 Å². The average Bonchev–Trinajstić information content (AvgIpc) is 2.05. The number of aromatic nitrogens is 2. The SMILES string of the molecule is CNNc1ncncc1[N+](=O)[O-]. The molecule has 64 valence electrons. The van der Waals surface area contributed by atoms with Crippen LogP contribution in [-0.4, -0.2) is 21.9 Å². The highest BCUT2D eigenvalue weighted by atomic mass is 16.6. The molecule has 0 spiro atoms. The van der Waals surface area contributed by atoms with Gasteiger partial charge in [-0.25, -0.2) is 15.4 Å². The summed E-state index contributed by atoms with van der Waals surface area (Å²) in [6, 6.07) is 0. The molecule has 7 heteroatoms. The van der Waals surface area contributed by atoms with Gasteiger partial charge in [0.25, 0.3) is 0 Å². The summed E-state index contributed by atoms with van der Waals surface area (Å²) in [5, 5.41) is 10.4. The first-order valence-electron chi connectivity index (χ1n) is 3.13. The van der Waals surface area contributed by atoms with Crippen molar-refractivity contribution in [3.05, 3.63) is 22.6 Å². The van der Waals surface area contributed by atoms with Gasteiger partial charge in [-0.1, -0.05) is 0 Å². The van der Waals surface area contributed by atoms with Crippen LogP contribution in [0, 0.1) is 10.1 Å². The summed E-state index contributed by atoms with van der Waals surface area (Å²) in [6.45, 7) is 0. The summed E-state index contributed by atoms with van der Waals surface area (Å²) >= 11 is 0. The molecule has 0 saturated heterocycles. The fraction of sp³-hybridized carbons (Fsp3) is 0.200. The van der Waals surface area contributed by atoms with Crippen molar-refractivity contribution in [2.24, 2.45) is 0 Å². The molecular formula is C5H7N5O2. The van der Waals surface area contributed by atoms with Crippen LogP contribution in [0.25, 0.3) is 0 Å². The molecule has 0 fully saturated rings. The van der Waals surface area contributed by atoms with E-state index >= 15 is 0 Å². The Bertz CT molecular complexity index is 289. The van der Waals surface area contributed by atoms with Gasteiger partial charge in [0.1, 0.15) is 12.5 Å². The van der Waals surface area contributed by atoms with Crippen molar-refractivity contribution in [1.82, 2.24) is 15.4 Å². The molecule has 1 rings (SSSR count). The Morgan fingerprint density at radius 3 is 3.00 bits per heavy atom. The molecule has 2 N–H and O–H groups in total. The van der Waals surface area contributed by atoms with Crippen LogP contribution in [-0.2, 0) is 0 Å². The van der Waals surface area contributed by atoms with Gasteiger partial charge in [0.2, 0.25) is 5.82 Å². The molecule has 0 amide bonds. The molecule has 0 unspecified atom stereocenters. The summed E-state index contributed by atoms with van der Waals surface area (Å²) < 4.78 is 0. The summed E-state index contributed by atoms with van der Waals surface area (Å²) in [6.07, 6.45) is 2.36. The Morgan fingerprint density at radius 1 is 1.67 bits per heavy atom. The van der Waals surface area contributed by atoms with Gasteiger partial charge in [-0.3, -0.25) is 10.1 Å². The lowest BCUT2D eigenvalue weighted by Crippen LogP contribution is -2.17. The van der Waals surface area contributed by atoms with Crippen LogP contribution in [0.2, 0.25) is 0 Å². The molecule has 1 aromatic rings.